The van der Waals surface area contributed by atoms with Crippen LogP contribution in [0.5, 0.6) is 11.5 Å². The van der Waals surface area contributed by atoms with Crippen LogP contribution in [0.1, 0.15) is 32.4 Å². The lowest BCUT2D eigenvalue weighted by molar-refractivity contribution is -0.124. The van der Waals surface area contributed by atoms with Crippen molar-refractivity contribution in [1.82, 2.24) is 10.0 Å². The van der Waals surface area contributed by atoms with Crippen LogP contribution in [-0.4, -0.2) is 47.8 Å². The van der Waals surface area contributed by atoms with Crippen LogP contribution in [0.25, 0.3) is 0 Å². The molecule has 1 amide bonds. The zero-order chi connectivity index (χ0) is 24.6. The maximum atomic E-state index is 14.0. The molecule has 0 aliphatic carbocycles. The topological polar surface area (TPSA) is 103 Å². The van der Waals surface area contributed by atoms with Crippen molar-refractivity contribution in [3.05, 3.63) is 53.8 Å². The smallest absolute Gasteiger partial charge is 0.244 e. The van der Waals surface area contributed by atoms with Crippen molar-refractivity contribution in [1.29, 1.82) is 0 Å². The summed E-state index contributed by atoms with van der Waals surface area (Å²) in [5.41, 5.74) is 0.735. The van der Waals surface area contributed by atoms with Crippen LogP contribution in [0.15, 0.2) is 47.4 Å². The van der Waals surface area contributed by atoms with Crippen LogP contribution in [0.4, 0.5) is 4.39 Å². The third-order valence-electron chi connectivity index (χ3n) is 4.95. The van der Waals surface area contributed by atoms with E-state index in [1.54, 1.807) is 46.1 Å². The average molecular weight is 483 g/mol. The predicted molar refractivity (Wildman–Crippen MR) is 122 cm³/mol. The molecule has 0 spiro atoms. The first-order valence-corrected chi connectivity index (χ1v) is 12.0. The molecule has 0 radical (unpaired) electrons. The SMILES string of the molecule is COCCOc1ccc(C(C)NC(=O)[C@@H](NS(=O)(=O)c2ccccc2F)C(C)C)cc1OC. The molecule has 0 aromatic heterocycles. The van der Waals surface area contributed by atoms with Gasteiger partial charge in [0.05, 0.1) is 19.8 Å². The maximum absolute atomic E-state index is 14.0. The number of hydrogen-bond acceptors (Lipinski definition) is 6. The van der Waals surface area contributed by atoms with Gasteiger partial charge in [0, 0.05) is 7.11 Å². The van der Waals surface area contributed by atoms with Crippen LogP contribution in [0.2, 0.25) is 0 Å². The highest BCUT2D eigenvalue weighted by Gasteiger charge is 2.30. The number of nitrogens with one attached hydrogen (secondary N) is 2. The van der Waals surface area contributed by atoms with Crippen molar-refractivity contribution >= 4 is 15.9 Å². The van der Waals surface area contributed by atoms with E-state index in [4.69, 9.17) is 14.2 Å². The monoisotopic (exact) mass is 482 g/mol. The first-order valence-electron chi connectivity index (χ1n) is 10.5. The van der Waals surface area contributed by atoms with Gasteiger partial charge < -0.3 is 19.5 Å². The third kappa shape index (κ3) is 7.15. The van der Waals surface area contributed by atoms with E-state index in [9.17, 15) is 17.6 Å². The Bertz CT molecular complexity index is 1040. The van der Waals surface area contributed by atoms with Crippen molar-refractivity contribution in [2.45, 2.75) is 37.8 Å². The second-order valence-electron chi connectivity index (χ2n) is 7.76. The molecule has 182 valence electrons. The van der Waals surface area contributed by atoms with Crippen LogP contribution in [0.3, 0.4) is 0 Å². The molecule has 0 aliphatic heterocycles. The fraction of sp³-hybridized carbons (Fsp3) is 0.435. The van der Waals surface area contributed by atoms with Crippen LogP contribution < -0.4 is 19.5 Å². The predicted octanol–water partition coefficient (Wildman–Crippen LogP) is 3.04. The molecular weight excluding hydrogens is 451 g/mol. The van der Waals surface area contributed by atoms with Crippen molar-refractivity contribution < 1.29 is 31.8 Å². The molecule has 2 rings (SSSR count). The molecule has 2 atom stereocenters. The summed E-state index contributed by atoms with van der Waals surface area (Å²) in [6, 6.07) is 8.70. The minimum absolute atomic E-state index is 0.358. The zero-order valence-corrected chi connectivity index (χ0v) is 20.2. The number of sulfonamides is 1. The summed E-state index contributed by atoms with van der Waals surface area (Å²) in [5.74, 6) is -0.775. The Kier molecular flexibility index (Phi) is 9.63. The molecule has 0 bridgehead atoms. The van der Waals surface area contributed by atoms with Crippen molar-refractivity contribution in [3.63, 3.8) is 0 Å². The van der Waals surface area contributed by atoms with Gasteiger partial charge in [-0.3, -0.25) is 4.79 Å². The van der Waals surface area contributed by atoms with E-state index in [0.717, 1.165) is 17.7 Å². The molecule has 0 aliphatic rings. The fourth-order valence-corrected chi connectivity index (χ4v) is 4.50. The van der Waals surface area contributed by atoms with E-state index in [2.05, 4.69) is 10.0 Å². The highest BCUT2D eigenvalue weighted by Crippen LogP contribution is 2.30. The van der Waals surface area contributed by atoms with Gasteiger partial charge >= 0.3 is 0 Å². The normalized spacial score (nSPS) is 13.4. The Morgan fingerprint density at radius 2 is 1.73 bits per heavy atom. The summed E-state index contributed by atoms with van der Waals surface area (Å²) < 4.78 is 57.7. The molecular formula is C23H31FN2O6S. The molecule has 1 unspecified atom stereocenters. The number of carbonyl (C=O) groups is 1. The molecule has 33 heavy (non-hydrogen) atoms. The molecule has 2 N–H and O–H groups in total. The van der Waals surface area contributed by atoms with Crippen LogP contribution >= 0.6 is 0 Å². The Balaban J connectivity index is 2.16. The van der Waals surface area contributed by atoms with Crippen molar-refractivity contribution in [2.24, 2.45) is 5.92 Å². The molecule has 0 saturated heterocycles. The third-order valence-corrected chi connectivity index (χ3v) is 6.42. The van der Waals surface area contributed by atoms with Crippen molar-refractivity contribution in [3.8, 4) is 11.5 Å². The number of amides is 1. The minimum atomic E-state index is -4.24. The lowest BCUT2D eigenvalue weighted by Crippen LogP contribution is -2.50. The molecule has 10 heteroatoms. The molecule has 2 aromatic carbocycles. The summed E-state index contributed by atoms with van der Waals surface area (Å²) >= 11 is 0. The summed E-state index contributed by atoms with van der Waals surface area (Å²) in [5, 5.41) is 2.81. The Hall–Kier alpha value is -2.69. The van der Waals surface area contributed by atoms with Gasteiger partial charge in [-0.2, -0.15) is 4.72 Å². The lowest BCUT2D eigenvalue weighted by atomic mass is 10.0. The summed E-state index contributed by atoms with van der Waals surface area (Å²) in [6.07, 6.45) is 0. The highest BCUT2D eigenvalue weighted by molar-refractivity contribution is 7.89. The van der Waals surface area contributed by atoms with E-state index in [1.807, 2.05) is 0 Å². The second-order valence-corrected chi connectivity index (χ2v) is 9.44. The number of ether oxygens (including phenoxy) is 3. The van der Waals surface area contributed by atoms with E-state index in [0.29, 0.717) is 24.7 Å². The molecule has 2 aromatic rings. The van der Waals surface area contributed by atoms with Gasteiger partial charge in [-0.1, -0.05) is 32.0 Å². The summed E-state index contributed by atoms with van der Waals surface area (Å²) in [7, 11) is -1.15. The Labute approximate surface area is 194 Å². The molecule has 0 fully saturated rings. The average Bonchev–Trinajstić information content (AvgIpc) is 2.77. The van der Waals surface area contributed by atoms with E-state index in [-0.39, 0.29) is 5.92 Å². The van der Waals surface area contributed by atoms with Gasteiger partial charge in [0.1, 0.15) is 23.4 Å². The number of benzene rings is 2. The maximum Gasteiger partial charge on any atom is 0.244 e. The van der Waals surface area contributed by atoms with Gasteiger partial charge in [-0.05, 0) is 42.7 Å². The highest BCUT2D eigenvalue weighted by atomic mass is 32.2. The van der Waals surface area contributed by atoms with Gasteiger partial charge in [-0.15, -0.1) is 0 Å². The van der Waals surface area contributed by atoms with Gasteiger partial charge in [0.15, 0.2) is 11.5 Å². The standard InChI is InChI=1S/C23H31FN2O6S/c1-15(2)22(26-33(28,29)21-9-7-6-8-18(21)24)23(27)25-16(3)17-10-11-19(20(14-17)31-5)32-13-12-30-4/h6-11,14-16,22,26H,12-13H2,1-5H3,(H,25,27)/t16?,22-/m0/s1. The number of halogens is 1. The van der Waals surface area contributed by atoms with E-state index < -0.39 is 38.7 Å². The van der Waals surface area contributed by atoms with E-state index in [1.165, 1.54) is 19.2 Å². The number of hydrogen-bond donors (Lipinski definition) is 2. The van der Waals surface area contributed by atoms with E-state index >= 15 is 0 Å². The first-order chi connectivity index (χ1) is 15.6. The second kappa shape index (κ2) is 12.0. The fourth-order valence-electron chi connectivity index (χ4n) is 3.08. The summed E-state index contributed by atoms with van der Waals surface area (Å²) in [6.45, 7) is 5.95. The molecule has 0 saturated carbocycles. The number of rotatable bonds is 12. The summed E-state index contributed by atoms with van der Waals surface area (Å²) in [4.78, 5) is 12.4. The van der Waals surface area contributed by atoms with Gasteiger partial charge in [-0.25, -0.2) is 12.8 Å². The Morgan fingerprint density at radius 1 is 1.03 bits per heavy atom. The molecule has 0 heterocycles. The lowest BCUT2D eigenvalue weighted by Gasteiger charge is -2.24. The first kappa shape index (κ1) is 26.6. The largest absolute Gasteiger partial charge is 0.493 e. The quantitative estimate of drug-likeness (QED) is 0.451. The van der Waals surface area contributed by atoms with Gasteiger partial charge in [0.25, 0.3) is 0 Å². The van der Waals surface area contributed by atoms with Crippen LogP contribution in [0, 0.1) is 11.7 Å². The number of methoxy groups -OCH3 is 2. The number of carbonyl (C=O) groups excluding carboxylic acids is 1. The Morgan fingerprint density at radius 3 is 2.33 bits per heavy atom. The van der Waals surface area contributed by atoms with Crippen molar-refractivity contribution in [2.75, 3.05) is 27.4 Å². The molecule has 8 nitrogen and oxygen atoms in total. The minimum Gasteiger partial charge on any atom is -0.493 e. The zero-order valence-electron chi connectivity index (χ0n) is 19.4. The van der Waals surface area contributed by atoms with Gasteiger partial charge in [0.2, 0.25) is 15.9 Å². The van der Waals surface area contributed by atoms with Crippen LogP contribution in [-0.2, 0) is 19.6 Å².